The van der Waals surface area contributed by atoms with Crippen LogP contribution in [0.5, 0.6) is 0 Å². The third kappa shape index (κ3) is 1.41. The first-order valence-electron chi connectivity index (χ1n) is 5.59. The fourth-order valence-electron chi connectivity index (χ4n) is 2.65. The van der Waals surface area contributed by atoms with E-state index in [2.05, 4.69) is 32.7 Å². The number of piperidine rings is 1. The molecule has 0 aromatic carbocycles. The molecular weight excluding hydrogens is 174 g/mol. The molecule has 0 aliphatic carbocycles. The van der Waals surface area contributed by atoms with E-state index >= 15 is 0 Å². The minimum absolute atomic E-state index is 0.0933. The highest BCUT2D eigenvalue weighted by molar-refractivity contribution is 5.29. The number of ether oxygens (including phenoxy) is 1. The summed E-state index contributed by atoms with van der Waals surface area (Å²) in [6.45, 7) is 8.97. The monoisotopic (exact) mass is 195 g/mol. The van der Waals surface area contributed by atoms with Gasteiger partial charge in [0.1, 0.15) is 0 Å². The standard InChI is InChI=1S/C12H21NO/c1-9-10(2)12(14-11(9)3)5-7-13(4)8-6-12/h11H,5-8H2,1-4H3/t11-/m0/s1. The van der Waals surface area contributed by atoms with Crippen LogP contribution in [-0.2, 0) is 4.74 Å². The summed E-state index contributed by atoms with van der Waals surface area (Å²) in [7, 11) is 2.19. The third-order valence-corrected chi connectivity index (χ3v) is 4.08. The van der Waals surface area contributed by atoms with Crippen molar-refractivity contribution in [2.45, 2.75) is 45.3 Å². The molecular formula is C12H21NO. The van der Waals surface area contributed by atoms with Gasteiger partial charge in [0.05, 0.1) is 11.7 Å². The van der Waals surface area contributed by atoms with Gasteiger partial charge in [-0.15, -0.1) is 0 Å². The minimum Gasteiger partial charge on any atom is -0.363 e. The molecule has 0 bridgehead atoms. The first-order chi connectivity index (χ1) is 6.55. The van der Waals surface area contributed by atoms with Crippen molar-refractivity contribution in [3.8, 4) is 0 Å². The van der Waals surface area contributed by atoms with Crippen LogP contribution in [-0.4, -0.2) is 36.7 Å². The summed E-state index contributed by atoms with van der Waals surface area (Å²) in [4.78, 5) is 2.39. The number of rotatable bonds is 0. The molecule has 0 unspecified atom stereocenters. The Morgan fingerprint density at radius 2 is 1.86 bits per heavy atom. The molecule has 0 aromatic rings. The van der Waals surface area contributed by atoms with Gasteiger partial charge < -0.3 is 9.64 Å². The molecule has 2 nitrogen and oxygen atoms in total. The van der Waals surface area contributed by atoms with E-state index in [0.29, 0.717) is 6.10 Å². The van der Waals surface area contributed by atoms with Gasteiger partial charge in [0, 0.05) is 13.1 Å². The van der Waals surface area contributed by atoms with Crippen LogP contribution >= 0.6 is 0 Å². The maximum atomic E-state index is 6.16. The summed E-state index contributed by atoms with van der Waals surface area (Å²) in [5, 5.41) is 0. The van der Waals surface area contributed by atoms with E-state index < -0.39 is 0 Å². The van der Waals surface area contributed by atoms with Crippen molar-refractivity contribution in [3.05, 3.63) is 11.1 Å². The van der Waals surface area contributed by atoms with Gasteiger partial charge in [-0.25, -0.2) is 0 Å². The van der Waals surface area contributed by atoms with Crippen LogP contribution in [0.3, 0.4) is 0 Å². The molecule has 0 N–H and O–H groups in total. The summed E-state index contributed by atoms with van der Waals surface area (Å²) in [5.74, 6) is 0. The SMILES string of the molecule is CC1=C(C)C2(CCN(C)CC2)O[C@H]1C. The Morgan fingerprint density at radius 1 is 1.29 bits per heavy atom. The highest BCUT2D eigenvalue weighted by Crippen LogP contribution is 2.42. The van der Waals surface area contributed by atoms with Crippen LogP contribution in [0.2, 0.25) is 0 Å². The van der Waals surface area contributed by atoms with Crippen LogP contribution in [0.4, 0.5) is 0 Å². The molecule has 14 heavy (non-hydrogen) atoms. The van der Waals surface area contributed by atoms with Crippen molar-refractivity contribution in [2.24, 2.45) is 0 Å². The molecule has 80 valence electrons. The Hall–Kier alpha value is -0.340. The van der Waals surface area contributed by atoms with Crippen molar-refractivity contribution >= 4 is 0 Å². The highest BCUT2D eigenvalue weighted by atomic mass is 16.5. The molecule has 2 aliphatic heterocycles. The molecule has 1 atom stereocenters. The van der Waals surface area contributed by atoms with Crippen LogP contribution in [0.25, 0.3) is 0 Å². The van der Waals surface area contributed by atoms with E-state index in [-0.39, 0.29) is 5.60 Å². The largest absolute Gasteiger partial charge is 0.363 e. The van der Waals surface area contributed by atoms with Crippen LogP contribution < -0.4 is 0 Å². The molecule has 2 heterocycles. The molecule has 0 aromatic heterocycles. The van der Waals surface area contributed by atoms with Gasteiger partial charge in [-0.2, -0.15) is 0 Å². The lowest BCUT2D eigenvalue weighted by Crippen LogP contribution is -2.44. The predicted molar refractivity (Wildman–Crippen MR) is 58.4 cm³/mol. The maximum absolute atomic E-state index is 6.16. The molecule has 0 amide bonds. The van der Waals surface area contributed by atoms with Crippen molar-refractivity contribution in [1.82, 2.24) is 4.90 Å². The number of hydrogen-bond donors (Lipinski definition) is 0. The lowest BCUT2D eigenvalue weighted by molar-refractivity contribution is -0.0584. The molecule has 2 heteroatoms. The van der Waals surface area contributed by atoms with Gasteiger partial charge in [0.15, 0.2) is 0 Å². The average Bonchev–Trinajstić information content (AvgIpc) is 2.37. The second-order valence-electron chi connectivity index (χ2n) is 4.87. The lowest BCUT2D eigenvalue weighted by Gasteiger charge is -2.39. The number of hydrogen-bond acceptors (Lipinski definition) is 2. The maximum Gasteiger partial charge on any atom is 0.0924 e. The fraction of sp³-hybridized carbons (Fsp3) is 0.833. The second-order valence-corrected chi connectivity index (χ2v) is 4.87. The van der Waals surface area contributed by atoms with E-state index in [1.165, 1.54) is 11.1 Å². The van der Waals surface area contributed by atoms with E-state index in [0.717, 1.165) is 25.9 Å². The summed E-state index contributed by atoms with van der Waals surface area (Å²) in [6.07, 6.45) is 2.66. The Morgan fingerprint density at radius 3 is 2.29 bits per heavy atom. The first-order valence-corrected chi connectivity index (χ1v) is 5.59. The Labute approximate surface area is 86.9 Å². The quantitative estimate of drug-likeness (QED) is 0.549. The number of likely N-dealkylation sites (tertiary alicyclic amines) is 1. The van der Waals surface area contributed by atoms with Crippen LogP contribution in [0.15, 0.2) is 11.1 Å². The van der Waals surface area contributed by atoms with Gasteiger partial charge in [0.2, 0.25) is 0 Å². The Kier molecular flexibility index (Phi) is 2.44. The molecule has 1 saturated heterocycles. The van der Waals surface area contributed by atoms with E-state index in [9.17, 15) is 0 Å². The minimum atomic E-state index is 0.0933. The normalized spacial score (nSPS) is 33.0. The Balaban J connectivity index is 2.19. The third-order valence-electron chi connectivity index (χ3n) is 4.08. The van der Waals surface area contributed by atoms with E-state index in [1.807, 2.05) is 0 Å². The van der Waals surface area contributed by atoms with Gasteiger partial charge in [-0.3, -0.25) is 0 Å². The zero-order chi connectivity index (χ0) is 10.3. The fourth-order valence-corrected chi connectivity index (χ4v) is 2.65. The predicted octanol–water partition coefficient (Wildman–Crippen LogP) is 2.21. The zero-order valence-electron chi connectivity index (χ0n) is 9.76. The number of nitrogens with zero attached hydrogens (tertiary/aromatic N) is 1. The summed E-state index contributed by atoms with van der Waals surface area (Å²) >= 11 is 0. The van der Waals surface area contributed by atoms with Gasteiger partial charge >= 0.3 is 0 Å². The molecule has 1 spiro atoms. The summed E-state index contributed by atoms with van der Waals surface area (Å²) in [6, 6.07) is 0. The van der Waals surface area contributed by atoms with Crippen LogP contribution in [0, 0.1) is 0 Å². The Bertz CT molecular complexity index is 261. The van der Waals surface area contributed by atoms with Gasteiger partial charge in [-0.1, -0.05) is 0 Å². The lowest BCUT2D eigenvalue weighted by atomic mass is 9.84. The van der Waals surface area contributed by atoms with E-state index in [4.69, 9.17) is 4.74 Å². The topological polar surface area (TPSA) is 12.5 Å². The average molecular weight is 195 g/mol. The smallest absolute Gasteiger partial charge is 0.0924 e. The molecule has 2 rings (SSSR count). The highest BCUT2D eigenvalue weighted by Gasteiger charge is 2.43. The van der Waals surface area contributed by atoms with Crippen molar-refractivity contribution in [1.29, 1.82) is 0 Å². The van der Waals surface area contributed by atoms with Crippen molar-refractivity contribution < 1.29 is 4.74 Å². The second kappa shape index (κ2) is 3.35. The van der Waals surface area contributed by atoms with Gasteiger partial charge in [-0.05, 0) is 51.8 Å². The molecule has 0 saturated carbocycles. The molecule has 1 fully saturated rings. The summed E-state index contributed by atoms with van der Waals surface area (Å²) in [5.41, 5.74) is 3.04. The van der Waals surface area contributed by atoms with Crippen molar-refractivity contribution in [3.63, 3.8) is 0 Å². The van der Waals surface area contributed by atoms with Crippen molar-refractivity contribution in [2.75, 3.05) is 20.1 Å². The molecule has 2 aliphatic rings. The zero-order valence-corrected chi connectivity index (χ0v) is 9.76. The molecule has 0 radical (unpaired) electrons. The first kappa shape index (κ1) is 10.2. The van der Waals surface area contributed by atoms with E-state index in [1.54, 1.807) is 0 Å². The van der Waals surface area contributed by atoms with Gasteiger partial charge in [0.25, 0.3) is 0 Å². The van der Waals surface area contributed by atoms with Crippen LogP contribution in [0.1, 0.15) is 33.6 Å². The summed E-state index contributed by atoms with van der Waals surface area (Å²) < 4.78 is 6.16.